The maximum absolute atomic E-state index is 12.7. The zero-order valence-electron chi connectivity index (χ0n) is 15.2. The summed E-state index contributed by atoms with van der Waals surface area (Å²) in [6.07, 6.45) is 0.159. The summed E-state index contributed by atoms with van der Waals surface area (Å²) in [6, 6.07) is 29.5. The minimum atomic E-state index is -0.440. The van der Waals surface area contributed by atoms with Gasteiger partial charge in [-0.15, -0.1) is 0 Å². The minimum absolute atomic E-state index is 0.0205. The van der Waals surface area contributed by atoms with E-state index in [0.29, 0.717) is 22.4 Å². The Labute approximate surface area is 163 Å². The van der Waals surface area contributed by atoms with Crippen LogP contribution < -0.4 is 4.74 Å². The van der Waals surface area contributed by atoms with Crippen molar-refractivity contribution in [1.29, 1.82) is 0 Å². The molecule has 28 heavy (non-hydrogen) atoms. The van der Waals surface area contributed by atoms with Gasteiger partial charge in [0.05, 0.1) is 5.56 Å². The smallest absolute Gasteiger partial charge is 0.343 e. The molecule has 3 heteroatoms. The Balaban J connectivity index is 1.70. The van der Waals surface area contributed by atoms with Crippen LogP contribution in [-0.2, 0) is 6.42 Å². The average molecular weight is 366 g/mol. The maximum Gasteiger partial charge on any atom is 0.343 e. The lowest BCUT2D eigenvalue weighted by Gasteiger charge is -2.12. The number of Topliss-reactive ketones (excluding diaryl/α,β-unsaturated/α-hetero) is 1. The number of ether oxygens (including phenoxy) is 1. The van der Waals surface area contributed by atoms with Gasteiger partial charge in [0, 0.05) is 17.5 Å². The molecule has 0 aliphatic carbocycles. The molecule has 0 saturated carbocycles. The van der Waals surface area contributed by atoms with Crippen molar-refractivity contribution < 1.29 is 14.3 Å². The summed E-state index contributed by atoms with van der Waals surface area (Å²) >= 11 is 0. The van der Waals surface area contributed by atoms with Crippen molar-refractivity contribution in [2.24, 2.45) is 0 Å². The Kier molecular flexibility index (Phi) is 4.98. The number of hydrogen-bond donors (Lipinski definition) is 0. The second kappa shape index (κ2) is 7.89. The fourth-order valence-corrected chi connectivity index (χ4v) is 3.13. The van der Waals surface area contributed by atoms with Crippen LogP contribution in [-0.4, -0.2) is 11.8 Å². The minimum Gasteiger partial charge on any atom is -0.423 e. The van der Waals surface area contributed by atoms with Gasteiger partial charge in [-0.1, -0.05) is 72.8 Å². The first kappa shape index (κ1) is 17.7. The third-order valence-corrected chi connectivity index (χ3v) is 4.59. The van der Waals surface area contributed by atoms with Gasteiger partial charge in [-0.2, -0.15) is 0 Å². The van der Waals surface area contributed by atoms with Gasteiger partial charge in [-0.3, -0.25) is 4.79 Å². The van der Waals surface area contributed by atoms with Gasteiger partial charge in [0.15, 0.2) is 5.78 Å². The Morgan fingerprint density at radius 2 is 1.18 bits per heavy atom. The highest BCUT2D eigenvalue weighted by Crippen LogP contribution is 2.28. The average Bonchev–Trinajstić information content (AvgIpc) is 2.75. The summed E-state index contributed by atoms with van der Waals surface area (Å²) in [5.74, 6) is -0.0472. The number of rotatable bonds is 5. The van der Waals surface area contributed by atoms with E-state index in [9.17, 15) is 9.59 Å². The molecular formula is C25H18O3. The molecule has 4 rings (SSSR count). The van der Waals surface area contributed by atoms with E-state index >= 15 is 0 Å². The predicted molar refractivity (Wildman–Crippen MR) is 110 cm³/mol. The molecule has 0 N–H and O–H groups in total. The molecular weight excluding hydrogens is 348 g/mol. The Bertz CT molecular complexity index is 1040. The third kappa shape index (κ3) is 3.84. The van der Waals surface area contributed by atoms with Crippen LogP contribution >= 0.6 is 0 Å². The van der Waals surface area contributed by atoms with Crippen LogP contribution in [0.4, 0.5) is 0 Å². The number of ketones is 1. The van der Waals surface area contributed by atoms with E-state index in [1.54, 1.807) is 36.4 Å². The van der Waals surface area contributed by atoms with Crippen molar-refractivity contribution in [1.82, 2.24) is 0 Å². The molecule has 0 atom stereocenters. The molecule has 0 heterocycles. The lowest BCUT2D eigenvalue weighted by molar-refractivity contribution is 0.0731. The zero-order valence-corrected chi connectivity index (χ0v) is 15.2. The second-order valence-corrected chi connectivity index (χ2v) is 6.53. The van der Waals surface area contributed by atoms with E-state index in [4.69, 9.17) is 4.74 Å². The Morgan fingerprint density at radius 3 is 1.82 bits per heavy atom. The summed E-state index contributed by atoms with van der Waals surface area (Å²) in [5.41, 5.74) is 1.80. The molecule has 0 radical (unpaired) electrons. The van der Waals surface area contributed by atoms with Crippen molar-refractivity contribution in [2.75, 3.05) is 0 Å². The molecule has 0 saturated heterocycles. The SMILES string of the molecule is O=C(Cc1cc2ccccc2cc1OC(=O)c1ccccc1)c1ccccc1. The van der Waals surface area contributed by atoms with Crippen LogP contribution in [0.15, 0.2) is 97.1 Å². The number of hydrogen-bond acceptors (Lipinski definition) is 3. The van der Waals surface area contributed by atoms with E-state index in [-0.39, 0.29) is 12.2 Å². The fraction of sp³-hybridized carbons (Fsp3) is 0.0400. The fourth-order valence-electron chi connectivity index (χ4n) is 3.13. The normalized spacial score (nSPS) is 10.6. The van der Waals surface area contributed by atoms with Crippen molar-refractivity contribution in [3.05, 3.63) is 114 Å². The number of carbonyl (C=O) groups excluding carboxylic acids is 2. The summed E-state index contributed by atoms with van der Waals surface area (Å²) in [4.78, 5) is 25.3. The number of esters is 1. The molecule has 0 amide bonds. The topological polar surface area (TPSA) is 43.4 Å². The first-order valence-electron chi connectivity index (χ1n) is 9.08. The highest BCUT2D eigenvalue weighted by Gasteiger charge is 2.16. The van der Waals surface area contributed by atoms with Crippen molar-refractivity contribution in [3.8, 4) is 5.75 Å². The monoisotopic (exact) mass is 366 g/mol. The standard InChI is InChI=1S/C25H18O3/c26-23(18-9-3-1-4-10-18)16-22-15-20-13-7-8-14-21(20)17-24(22)28-25(27)19-11-5-2-6-12-19/h1-15,17H,16H2. The predicted octanol–water partition coefficient (Wildman–Crippen LogP) is 5.48. The van der Waals surface area contributed by atoms with Crippen LogP contribution in [0.2, 0.25) is 0 Å². The Morgan fingerprint density at radius 1 is 0.643 bits per heavy atom. The van der Waals surface area contributed by atoms with Crippen molar-refractivity contribution in [2.45, 2.75) is 6.42 Å². The molecule has 4 aromatic rings. The van der Waals surface area contributed by atoms with Crippen LogP contribution in [0.5, 0.6) is 5.75 Å². The van der Waals surface area contributed by atoms with Crippen LogP contribution in [0, 0.1) is 0 Å². The molecule has 0 bridgehead atoms. The van der Waals surface area contributed by atoms with Gasteiger partial charge in [0.2, 0.25) is 0 Å². The van der Waals surface area contributed by atoms with Gasteiger partial charge in [0.25, 0.3) is 0 Å². The summed E-state index contributed by atoms with van der Waals surface area (Å²) in [7, 11) is 0. The first-order chi connectivity index (χ1) is 13.7. The molecule has 3 nitrogen and oxygen atoms in total. The van der Waals surface area contributed by atoms with Crippen LogP contribution in [0.25, 0.3) is 10.8 Å². The summed E-state index contributed by atoms with van der Waals surface area (Å²) in [5, 5.41) is 1.95. The molecule has 4 aromatic carbocycles. The highest BCUT2D eigenvalue weighted by molar-refractivity contribution is 5.99. The van der Waals surface area contributed by atoms with Gasteiger partial charge >= 0.3 is 5.97 Å². The summed E-state index contributed by atoms with van der Waals surface area (Å²) in [6.45, 7) is 0. The number of fused-ring (bicyclic) bond motifs is 1. The first-order valence-corrected chi connectivity index (χ1v) is 9.08. The molecule has 0 aliphatic heterocycles. The van der Waals surface area contributed by atoms with Crippen LogP contribution in [0.3, 0.4) is 0 Å². The molecule has 0 aliphatic rings. The quantitative estimate of drug-likeness (QED) is 0.267. The van der Waals surface area contributed by atoms with E-state index in [1.165, 1.54) is 0 Å². The molecule has 136 valence electrons. The highest BCUT2D eigenvalue weighted by atomic mass is 16.5. The largest absolute Gasteiger partial charge is 0.423 e. The number of benzene rings is 4. The van der Waals surface area contributed by atoms with E-state index in [2.05, 4.69) is 0 Å². The maximum atomic E-state index is 12.7. The Hall–Kier alpha value is -3.72. The lowest BCUT2D eigenvalue weighted by Crippen LogP contribution is -2.11. The molecule has 0 spiro atoms. The van der Waals surface area contributed by atoms with Gasteiger partial charge in [-0.25, -0.2) is 4.79 Å². The van der Waals surface area contributed by atoms with Crippen LogP contribution in [0.1, 0.15) is 26.3 Å². The van der Waals surface area contributed by atoms with E-state index < -0.39 is 5.97 Å². The van der Waals surface area contributed by atoms with Gasteiger partial charge in [0.1, 0.15) is 5.75 Å². The van der Waals surface area contributed by atoms with Crippen molar-refractivity contribution >= 4 is 22.5 Å². The van der Waals surface area contributed by atoms with E-state index in [1.807, 2.05) is 60.7 Å². The summed E-state index contributed by atoms with van der Waals surface area (Å²) < 4.78 is 5.69. The van der Waals surface area contributed by atoms with Gasteiger partial charge in [-0.05, 0) is 35.0 Å². The second-order valence-electron chi connectivity index (χ2n) is 6.53. The molecule has 0 aromatic heterocycles. The molecule has 0 fully saturated rings. The van der Waals surface area contributed by atoms with Crippen molar-refractivity contribution in [3.63, 3.8) is 0 Å². The number of carbonyl (C=O) groups is 2. The lowest BCUT2D eigenvalue weighted by atomic mass is 9.99. The third-order valence-electron chi connectivity index (χ3n) is 4.59. The van der Waals surface area contributed by atoms with Gasteiger partial charge < -0.3 is 4.74 Å². The molecule has 0 unspecified atom stereocenters. The zero-order chi connectivity index (χ0) is 19.3. The van der Waals surface area contributed by atoms with E-state index in [0.717, 1.165) is 10.8 Å².